The van der Waals surface area contributed by atoms with Gasteiger partial charge in [-0.2, -0.15) is 0 Å². The van der Waals surface area contributed by atoms with Crippen molar-refractivity contribution in [3.63, 3.8) is 0 Å². The lowest BCUT2D eigenvalue weighted by atomic mass is 9.95. The monoisotopic (exact) mass is 448 g/mol. The minimum absolute atomic E-state index is 1.32. The summed E-state index contributed by atoms with van der Waals surface area (Å²) in [6.45, 7) is 2.23. The molecule has 6 aromatic carbocycles. The second-order valence-corrected chi connectivity index (χ2v) is 13.0. The van der Waals surface area contributed by atoms with Gasteiger partial charge in [0, 0.05) is 0 Å². The summed E-state index contributed by atoms with van der Waals surface area (Å²) in [4.78, 5) is 0. The summed E-state index contributed by atoms with van der Waals surface area (Å²) >= 11 is 0. The van der Waals surface area contributed by atoms with E-state index in [-0.39, 0.29) is 0 Å². The van der Waals surface area contributed by atoms with Crippen LogP contribution < -0.4 is 20.7 Å². The first-order valence-corrected chi connectivity index (χ1v) is 14.0. The van der Waals surface area contributed by atoms with Gasteiger partial charge in [-0.1, -0.05) is 127 Å². The standard InChI is InChI=1S/C33H24Si/c1-23-11-10-18-29-27(23)21-22-31-32(29)30-20-19-24-12-8-9-17-28(24)33(30)34(31,25-13-4-2-5-14-25)26-15-6-3-7-16-26/h2-22H,1H3. The molecule has 0 amide bonds. The van der Waals surface area contributed by atoms with Gasteiger partial charge in [0.1, 0.15) is 0 Å². The second kappa shape index (κ2) is 7.28. The molecule has 1 heteroatoms. The topological polar surface area (TPSA) is 0 Å². The van der Waals surface area contributed by atoms with Crippen molar-refractivity contribution in [3.05, 3.63) is 133 Å². The van der Waals surface area contributed by atoms with Crippen molar-refractivity contribution < 1.29 is 0 Å². The molecule has 0 aromatic heterocycles. The van der Waals surface area contributed by atoms with Crippen molar-refractivity contribution in [2.45, 2.75) is 6.92 Å². The predicted molar refractivity (Wildman–Crippen MR) is 149 cm³/mol. The molecule has 0 aliphatic carbocycles. The highest BCUT2D eigenvalue weighted by atomic mass is 28.3. The van der Waals surface area contributed by atoms with E-state index in [1.807, 2.05) is 0 Å². The van der Waals surface area contributed by atoms with Crippen molar-refractivity contribution in [2.75, 3.05) is 0 Å². The molecule has 0 spiro atoms. The zero-order valence-corrected chi connectivity index (χ0v) is 20.1. The third-order valence-corrected chi connectivity index (χ3v) is 12.6. The van der Waals surface area contributed by atoms with Gasteiger partial charge in [-0.25, -0.2) is 0 Å². The van der Waals surface area contributed by atoms with Crippen molar-refractivity contribution in [1.29, 1.82) is 0 Å². The fourth-order valence-electron chi connectivity index (χ4n) is 6.28. The Morgan fingerprint density at radius 3 is 1.85 bits per heavy atom. The van der Waals surface area contributed by atoms with Gasteiger partial charge >= 0.3 is 0 Å². The molecular weight excluding hydrogens is 424 g/mol. The zero-order valence-electron chi connectivity index (χ0n) is 19.1. The molecule has 0 unspecified atom stereocenters. The van der Waals surface area contributed by atoms with Crippen LogP contribution in [0, 0.1) is 6.92 Å². The van der Waals surface area contributed by atoms with Crippen LogP contribution in [-0.4, -0.2) is 8.07 Å². The van der Waals surface area contributed by atoms with Crippen LogP contribution >= 0.6 is 0 Å². The zero-order chi connectivity index (χ0) is 22.7. The smallest absolute Gasteiger partial charge is 0.0623 e. The average molecular weight is 449 g/mol. The molecule has 0 N–H and O–H groups in total. The third-order valence-electron chi connectivity index (χ3n) is 7.67. The van der Waals surface area contributed by atoms with E-state index in [1.54, 1.807) is 0 Å². The van der Waals surface area contributed by atoms with Crippen LogP contribution in [-0.2, 0) is 0 Å². The van der Waals surface area contributed by atoms with Gasteiger partial charge in [0.25, 0.3) is 0 Å². The van der Waals surface area contributed by atoms with Crippen LogP contribution in [0.25, 0.3) is 32.7 Å². The Morgan fingerprint density at radius 2 is 1.12 bits per heavy atom. The van der Waals surface area contributed by atoms with Crippen LogP contribution in [0.2, 0.25) is 0 Å². The molecule has 0 saturated heterocycles. The van der Waals surface area contributed by atoms with E-state index in [0.29, 0.717) is 0 Å². The Morgan fingerprint density at radius 1 is 0.471 bits per heavy atom. The van der Waals surface area contributed by atoms with Crippen LogP contribution in [0.15, 0.2) is 127 Å². The molecule has 0 bridgehead atoms. The molecule has 0 radical (unpaired) electrons. The lowest BCUT2D eigenvalue weighted by molar-refractivity contribution is 1.53. The third kappa shape index (κ3) is 2.48. The van der Waals surface area contributed by atoms with Gasteiger partial charge < -0.3 is 0 Å². The van der Waals surface area contributed by atoms with Crippen LogP contribution in [0.4, 0.5) is 0 Å². The Labute approximate surface area is 201 Å². The van der Waals surface area contributed by atoms with Crippen LogP contribution in [0.5, 0.6) is 0 Å². The lowest BCUT2D eigenvalue weighted by Gasteiger charge is -2.32. The van der Waals surface area contributed by atoms with Gasteiger partial charge in [0.05, 0.1) is 0 Å². The van der Waals surface area contributed by atoms with E-state index in [9.17, 15) is 0 Å². The summed E-state index contributed by atoms with van der Waals surface area (Å²) in [6.07, 6.45) is 0. The van der Waals surface area contributed by atoms with Gasteiger partial charge in [0.2, 0.25) is 0 Å². The van der Waals surface area contributed by atoms with Gasteiger partial charge in [-0.3, -0.25) is 0 Å². The SMILES string of the molecule is Cc1cccc2c3c(ccc12)[Si](c1ccccc1)(c1ccccc1)c1c-3ccc2ccccc12. The first kappa shape index (κ1) is 19.5. The molecule has 0 atom stereocenters. The van der Waals surface area contributed by atoms with Crippen LogP contribution in [0.1, 0.15) is 5.56 Å². The maximum Gasteiger partial charge on any atom is 0.181 e. The summed E-state index contributed by atoms with van der Waals surface area (Å²) in [5, 5.41) is 11.4. The summed E-state index contributed by atoms with van der Waals surface area (Å²) in [5.41, 5.74) is 4.17. The summed E-state index contributed by atoms with van der Waals surface area (Å²) < 4.78 is 0. The van der Waals surface area contributed by atoms with Crippen molar-refractivity contribution in [2.24, 2.45) is 0 Å². The highest BCUT2D eigenvalue weighted by molar-refractivity contribution is 7.23. The highest BCUT2D eigenvalue weighted by Crippen LogP contribution is 2.37. The first-order chi connectivity index (χ1) is 16.8. The fraction of sp³-hybridized carbons (Fsp3) is 0.0303. The minimum atomic E-state index is -2.52. The van der Waals surface area contributed by atoms with E-state index in [1.165, 1.54) is 59.0 Å². The lowest BCUT2D eigenvalue weighted by Crippen LogP contribution is -2.73. The number of hydrogen-bond acceptors (Lipinski definition) is 0. The molecule has 0 saturated carbocycles. The molecule has 1 aliphatic rings. The molecular formula is C33H24Si. The first-order valence-electron chi connectivity index (χ1n) is 12.0. The maximum atomic E-state index is 2.45. The number of aryl methyl sites for hydroxylation is 1. The Kier molecular flexibility index (Phi) is 4.18. The Hall–Kier alpha value is -3.94. The van der Waals surface area contributed by atoms with Crippen LogP contribution in [0.3, 0.4) is 0 Å². The van der Waals surface area contributed by atoms with Crippen molar-refractivity contribution in [3.8, 4) is 11.1 Å². The summed E-state index contributed by atoms with van der Waals surface area (Å²) in [6, 6.07) is 47.8. The molecule has 7 rings (SSSR count). The van der Waals surface area contributed by atoms with Gasteiger partial charge in [0.15, 0.2) is 8.07 Å². The molecule has 0 nitrogen and oxygen atoms in total. The predicted octanol–water partition coefficient (Wildman–Crippen LogP) is 5.66. The second-order valence-electron chi connectivity index (χ2n) is 9.35. The summed E-state index contributed by atoms with van der Waals surface area (Å²) in [7, 11) is -2.52. The number of rotatable bonds is 2. The normalized spacial score (nSPS) is 13.7. The largest absolute Gasteiger partial charge is 0.181 e. The minimum Gasteiger partial charge on any atom is -0.0623 e. The fourth-order valence-corrected chi connectivity index (χ4v) is 11.7. The quantitative estimate of drug-likeness (QED) is 0.299. The molecule has 34 heavy (non-hydrogen) atoms. The highest BCUT2D eigenvalue weighted by Gasteiger charge is 2.50. The number of hydrogen-bond donors (Lipinski definition) is 0. The van der Waals surface area contributed by atoms with Crippen molar-refractivity contribution >= 4 is 50.4 Å². The molecule has 160 valence electrons. The molecule has 6 aromatic rings. The number of fused-ring (bicyclic) bond motifs is 7. The maximum absolute atomic E-state index is 2.52. The molecule has 1 aliphatic heterocycles. The van der Waals surface area contributed by atoms with Gasteiger partial charge in [-0.05, 0) is 65.9 Å². The molecule has 1 heterocycles. The number of benzene rings is 6. The van der Waals surface area contributed by atoms with Gasteiger partial charge in [-0.15, -0.1) is 0 Å². The Bertz CT molecular complexity index is 1660. The summed E-state index contributed by atoms with van der Waals surface area (Å²) in [5.74, 6) is 0. The van der Waals surface area contributed by atoms with E-state index < -0.39 is 8.07 Å². The Balaban J connectivity index is 1.78. The van der Waals surface area contributed by atoms with Crippen molar-refractivity contribution in [1.82, 2.24) is 0 Å². The van der Waals surface area contributed by atoms with E-state index in [2.05, 4.69) is 134 Å². The average Bonchev–Trinajstić information content (AvgIpc) is 3.22. The van der Waals surface area contributed by atoms with E-state index in [0.717, 1.165) is 0 Å². The molecule has 0 fully saturated rings. The van der Waals surface area contributed by atoms with E-state index >= 15 is 0 Å². The van der Waals surface area contributed by atoms with E-state index in [4.69, 9.17) is 0 Å².